The molecule has 1 aliphatic rings. The van der Waals surface area contributed by atoms with Crippen LogP contribution >= 0.6 is 0 Å². The Kier molecular flexibility index (Phi) is 6.11. The van der Waals surface area contributed by atoms with E-state index in [-0.39, 0.29) is 11.9 Å². The summed E-state index contributed by atoms with van der Waals surface area (Å²) in [7, 11) is 1.63. The van der Waals surface area contributed by atoms with Gasteiger partial charge in [0.2, 0.25) is 0 Å². The minimum absolute atomic E-state index is 0.0452. The summed E-state index contributed by atoms with van der Waals surface area (Å²) in [5, 5.41) is 2.69. The zero-order valence-electron chi connectivity index (χ0n) is 17.4. The Morgan fingerprint density at radius 2 is 1.79 bits per heavy atom. The number of hydrogen-bond donors (Lipinski definition) is 1. The topological polar surface area (TPSA) is 67.9 Å². The standard InChI is InChI=1S/C23H28N2O4/c1-23(2,3)29-22(27)24-18-7-5-6-17(14-18)21(26)25(19-10-11-19)15-16-8-12-20(28-4)13-9-16/h5-9,12-14,19H,10-11,15H2,1-4H3,(H,24,27). The first kappa shape index (κ1) is 20.7. The predicted octanol–water partition coefficient (Wildman–Crippen LogP) is 4.85. The van der Waals surface area contributed by atoms with Crippen LogP contribution in [0.4, 0.5) is 10.5 Å². The van der Waals surface area contributed by atoms with Crippen LogP contribution in [0.2, 0.25) is 0 Å². The molecule has 0 aromatic heterocycles. The number of rotatable bonds is 6. The maximum atomic E-state index is 13.2. The molecular weight excluding hydrogens is 368 g/mol. The first-order valence-electron chi connectivity index (χ1n) is 9.79. The average molecular weight is 396 g/mol. The smallest absolute Gasteiger partial charge is 0.412 e. The van der Waals surface area contributed by atoms with Crippen molar-refractivity contribution in [3.63, 3.8) is 0 Å². The van der Waals surface area contributed by atoms with Crippen LogP contribution in [-0.2, 0) is 11.3 Å². The lowest BCUT2D eigenvalue weighted by Crippen LogP contribution is -2.32. The Morgan fingerprint density at radius 1 is 1.10 bits per heavy atom. The van der Waals surface area contributed by atoms with E-state index >= 15 is 0 Å². The van der Waals surface area contributed by atoms with Crippen molar-refractivity contribution < 1.29 is 19.1 Å². The van der Waals surface area contributed by atoms with E-state index in [1.54, 1.807) is 52.1 Å². The van der Waals surface area contributed by atoms with Crippen molar-refractivity contribution in [3.05, 3.63) is 59.7 Å². The number of carbonyl (C=O) groups is 2. The fourth-order valence-electron chi connectivity index (χ4n) is 3.00. The van der Waals surface area contributed by atoms with Crippen LogP contribution in [0.15, 0.2) is 48.5 Å². The van der Waals surface area contributed by atoms with Crippen LogP contribution in [0.5, 0.6) is 5.75 Å². The minimum Gasteiger partial charge on any atom is -0.497 e. The SMILES string of the molecule is COc1ccc(CN(C(=O)c2cccc(NC(=O)OC(C)(C)C)c2)C2CC2)cc1. The Balaban J connectivity index is 1.72. The number of nitrogens with zero attached hydrogens (tertiary/aromatic N) is 1. The minimum atomic E-state index is -0.585. The number of amides is 2. The largest absolute Gasteiger partial charge is 0.497 e. The van der Waals surface area contributed by atoms with E-state index in [4.69, 9.17) is 9.47 Å². The Hall–Kier alpha value is -3.02. The highest BCUT2D eigenvalue weighted by molar-refractivity contribution is 5.96. The van der Waals surface area contributed by atoms with E-state index in [0.717, 1.165) is 24.2 Å². The number of carbonyl (C=O) groups excluding carboxylic acids is 2. The van der Waals surface area contributed by atoms with Crippen LogP contribution in [0, 0.1) is 0 Å². The van der Waals surface area contributed by atoms with Gasteiger partial charge in [-0.05, 0) is 69.5 Å². The summed E-state index contributed by atoms with van der Waals surface area (Å²) in [5.74, 6) is 0.745. The number of ether oxygens (including phenoxy) is 2. The molecule has 0 unspecified atom stereocenters. The fourth-order valence-corrected chi connectivity index (χ4v) is 3.00. The van der Waals surface area contributed by atoms with Crippen LogP contribution in [0.1, 0.15) is 49.5 Å². The highest BCUT2D eigenvalue weighted by atomic mass is 16.6. The molecule has 2 aromatic rings. The summed E-state index contributed by atoms with van der Waals surface area (Å²) in [5.41, 5.74) is 1.54. The molecule has 0 saturated heterocycles. The van der Waals surface area contributed by atoms with Crippen LogP contribution in [-0.4, -0.2) is 35.7 Å². The van der Waals surface area contributed by atoms with Crippen LogP contribution in [0.3, 0.4) is 0 Å². The number of hydrogen-bond acceptors (Lipinski definition) is 4. The van der Waals surface area contributed by atoms with Crippen LogP contribution < -0.4 is 10.1 Å². The molecule has 1 saturated carbocycles. The van der Waals surface area contributed by atoms with Crippen LogP contribution in [0.25, 0.3) is 0 Å². The van der Waals surface area contributed by atoms with Crippen molar-refractivity contribution in [1.82, 2.24) is 4.90 Å². The first-order chi connectivity index (χ1) is 13.7. The summed E-state index contributed by atoms with van der Waals surface area (Å²) >= 11 is 0. The lowest BCUT2D eigenvalue weighted by molar-refractivity contribution is 0.0634. The van der Waals surface area contributed by atoms with Crippen molar-refractivity contribution in [2.75, 3.05) is 12.4 Å². The summed E-state index contributed by atoms with van der Waals surface area (Å²) in [6.45, 7) is 5.95. The second-order valence-corrected chi connectivity index (χ2v) is 8.22. The van der Waals surface area contributed by atoms with Gasteiger partial charge in [-0.2, -0.15) is 0 Å². The van der Waals surface area contributed by atoms with Crippen molar-refractivity contribution in [2.45, 2.75) is 51.8 Å². The number of benzene rings is 2. The van der Waals surface area contributed by atoms with Gasteiger partial charge < -0.3 is 14.4 Å². The number of anilines is 1. The first-order valence-corrected chi connectivity index (χ1v) is 9.79. The summed E-state index contributed by atoms with van der Waals surface area (Å²) in [4.78, 5) is 27.1. The maximum absolute atomic E-state index is 13.2. The quantitative estimate of drug-likeness (QED) is 0.758. The second-order valence-electron chi connectivity index (χ2n) is 8.22. The number of methoxy groups -OCH3 is 1. The van der Waals surface area contributed by atoms with Crippen molar-refractivity contribution in [2.24, 2.45) is 0 Å². The molecule has 0 aliphatic heterocycles. The molecule has 154 valence electrons. The van der Waals surface area contributed by atoms with Gasteiger partial charge in [0.25, 0.3) is 5.91 Å². The molecule has 2 amide bonds. The molecular formula is C23H28N2O4. The van der Waals surface area contributed by atoms with Gasteiger partial charge in [-0.3, -0.25) is 10.1 Å². The van der Waals surface area contributed by atoms with Gasteiger partial charge >= 0.3 is 6.09 Å². The summed E-state index contributed by atoms with van der Waals surface area (Å²) in [6, 6.07) is 15.0. The van der Waals surface area contributed by atoms with Crippen molar-refractivity contribution >= 4 is 17.7 Å². The highest BCUT2D eigenvalue weighted by Crippen LogP contribution is 2.30. The zero-order chi connectivity index (χ0) is 21.0. The van der Waals surface area contributed by atoms with Gasteiger partial charge in [0.15, 0.2) is 0 Å². The van der Waals surface area contributed by atoms with Crippen molar-refractivity contribution in [1.29, 1.82) is 0 Å². The lowest BCUT2D eigenvalue weighted by atomic mass is 10.1. The normalized spacial score (nSPS) is 13.5. The van der Waals surface area contributed by atoms with Gasteiger partial charge in [0.05, 0.1) is 7.11 Å². The van der Waals surface area contributed by atoms with Gasteiger partial charge in [-0.25, -0.2) is 4.79 Å². The third-order valence-corrected chi connectivity index (χ3v) is 4.52. The van der Waals surface area contributed by atoms with E-state index in [0.29, 0.717) is 17.8 Å². The molecule has 1 aliphatic carbocycles. The molecule has 0 atom stereocenters. The predicted molar refractivity (Wildman–Crippen MR) is 112 cm³/mol. The molecule has 2 aromatic carbocycles. The van der Waals surface area contributed by atoms with E-state index in [2.05, 4.69) is 5.32 Å². The Labute approximate surface area is 171 Å². The molecule has 0 spiro atoms. The fraction of sp³-hybridized carbons (Fsp3) is 0.391. The van der Waals surface area contributed by atoms with Gasteiger partial charge in [0, 0.05) is 23.8 Å². The molecule has 6 heteroatoms. The van der Waals surface area contributed by atoms with E-state index in [9.17, 15) is 9.59 Å². The van der Waals surface area contributed by atoms with Crippen molar-refractivity contribution in [3.8, 4) is 5.75 Å². The summed E-state index contributed by atoms with van der Waals surface area (Å²) in [6.07, 6.45) is 1.48. The third-order valence-electron chi connectivity index (χ3n) is 4.52. The van der Waals surface area contributed by atoms with E-state index < -0.39 is 11.7 Å². The molecule has 0 radical (unpaired) electrons. The maximum Gasteiger partial charge on any atom is 0.412 e. The summed E-state index contributed by atoms with van der Waals surface area (Å²) < 4.78 is 10.5. The van der Waals surface area contributed by atoms with E-state index in [1.807, 2.05) is 29.2 Å². The Morgan fingerprint density at radius 3 is 2.38 bits per heavy atom. The molecule has 29 heavy (non-hydrogen) atoms. The van der Waals surface area contributed by atoms with Gasteiger partial charge in [-0.1, -0.05) is 18.2 Å². The average Bonchev–Trinajstić information content (AvgIpc) is 3.50. The monoisotopic (exact) mass is 396 g/mol. The second kappa shape index (κ2) is 8.55. The van der Waals surface area contributed by atoms with Gasteiger partial charge in [0.1, 0.15) is 11.4 Å². The molecule has 1 N–H and O–H groups in total. The molecule has 1 fully saturated rings. The third kappa shape index (κ3) is 5.98. The molecule has 0 bridgehead atoms. The number of nitrogens with one attached hydrogen (secondary N) is 1. The molecule has 6 nitrogen and oxygen atoms in total. The zero-order valence-corrected chi connectivity index (χ0v) is 17.4. The van der Waals surface area contributed by atoms with E-state index in [1.165, 1.54) is 0 Å². The Bertz CT molecular complexity index is 867. The highest BCUT2D eigenvalue weighted by Gasteiger charge is 2.33. The molecule has 3 rings (SSSR count). The molecule has 0 heterocycles. The van der Waals surface area contributed by atoms with Gasteiger partial charge in [-0.15, -0.1) is 0 Å². The lowest BCUT2D eigenvalue weighted by Gasteiger charge is -2.23.